The summed E-state index contributed by atoms with van der Waals surface area (Å²) < 4.78 is 3.06. The van der Waals surface area contributed by atoms with Crippen LogP contribution in [0.2, 0.25) is 0 Å². The zero-order valence-corrected chi connectivity index (χ0v) is 12.5. The Labute approximate surface area is 116 Å². The van der Waals surface area contributed by atoms with Crippen LogP contribution in [0.25, 0.3) is 0 Å². The second-order valence-electron chi connectivity index (χ2n) is 5.05. The maximum Gasteiger partial charge on any atom is 0.267 e. The fourth-order valence-electron chi connectivity index (χ4n) is 2.06. The fourth-order valence-corrected chi connectivity index (χ4v) is 2.50. The van der Waals surface area contributed by atoms with Crippen LogP contribution in [0.5, 0.6) is 0 Å². The summed E-state index contributed by atoms with van der Waals surface area (Å²) in [4.78, 5) is 12.1. The lowest BCUT2D eigenvalue weighted by molar-refractivity contribution is 0.0938. The van der Waals surface area contributed by atoms with E-state index in [1.165, 1.54) is 12.8 Å². The first kappa shape index (κ1) is 13.6. The molecule has 1 saturated carbocycles. The highest BCUT2D eigenvalue weighted by molar-refractivity contribution is 9.10. The number of nitrogens with one attached hydrogen (secondary N) is 2. The van der Waals surface area contributed by atoms with Gasteiger partial charge in [0.2, 0.25) is 0 Å². The first-order valence-electron chi connectivity index (χ1n) is 6.42. The van der Waals surface area contributed by atoms with Crippen molar-refractivity contribution in [3.63, 3.8) is 0 Å². The maximum absolute atomic E-state index is 12.1. The number of carbonyl (C=O) groups excluding carboxylic acids is 1. The molecule has 1 aromatic rings. The molecule has 0 spiro atoms. The van der Waals surface area contributed by atoms with Crippen molar-refractivity contribution in [2.75, 3.05) is 20.1 Å². The Morgan fingerprint density at radius 1 is 1.56 bits per heavy atom. The number of hydrogen-bond acceptors (Lipinski definition) is 2. The Morgan fingerprint density at radius 2 is 2.28 bits per heavy atom. The Bertz CT molecular complexity index is 426. The lowest BCUT2D eigenvalue weighted by Gasteiger charge is -2.13. The molecule has 1 unspecified atom stereocenters. The largest absolute Gasteiger partial charge is 0.350 e. The van der Waals surface area contributed by atoms with Crippen LogP contribution in [0.3, 0.4) is 0 Å². The fraction of sp³-hybridized carbons (Fsp3) is 0.615. The number of aromatic nitrogens is 1. The van der Waals surface area contributed by atoms with Gasteiger partial charge in [-0.1, -0.05) is 6.92 Å². The predicted molar refractivity (Wildman–Crippen MR) is 75.8 cm³/mol. The van der Waals surface area contributed by atoms with Gasteiger partial charge in [-0.05, 0) is 54.3 Å². The van der Waals surface area contributed by atoms with Gasteiger partial charge in [-0.15, -0.1) is 0 Å². The van der Waals surface area contributed by atoms with Crippen LogP contribution in [-0.2, 0) is 0 Å². The Hall–Kier alpha value is -0.810. The third kappa shape index (κ3) is 3.36. The first-order chi connectivity index (χ1) is 8.61. The second kappa shape index (κ2) is 5.89. The zero-order valence-electron chi connectivity index (χ0n) is 10.9. The summed E-state index contributed by atoms with van der Waals surface area (Å²) in [5, 5.41) is 6.11. The summed E-state index contributed by atoms with van der Waals surface area (Å²) >= 11 is 3.44. The summed E-state index contributed by atoms with van der Waals surface area (Å²) in [7, 11) is 1.92. The van der Waals surface area contributed by atoms with Crippen LogP contribution >= 0.6 is 15.9 Å². The number of hydrogen-bond donors (Lipinski definition) is 2. The highest BCUT2D eigenvalue weighted by Gasteiger charge is 2.27. The molecule has 1 aromatic heterocycles. The molecule has 2 N–H and O–H groups in total. The lowest BCUT2D eigenvalue weighted by atomic mass is 10.2. The van der Waals surface area contributed by atoms with Gasteiger partial charge in [-0.25, -0.2) is 0 Å². The molecule has 0 aliphatic heterocycles. The molecule has 1 aliphatic carbocycles. The van der Waals surface area contributed by atoms with Crippen LogP contribution in [0.15, 0.2) is 16.7 Å². The van der Waals surface area contributed by atoms with Crippen molar-refractivity contribution >= 4 is 21.8 Å². The van der Waals surface area contributed by atoms with Crippen LogP contribution in [0, 0.1) is 5.92 Å². The summed E-state index contributed by atoms with van der Waals surface area (Å²) in [5.41, 5.74) is 0.765. The molecule has 1 fully saturated rings. The molecule has 4 nitrogen and oxygen atoms in total. The normalized spacial score (nSPS) is 16.6. The molecule has 0 saturated heterocycles. The van der Waals surface area contributed by atoms with Crippen LogP contribution in [0.4, 0.5) is 0 Å². The highest BCUT2D eigenvalue weighted by atomic mass is 79.9. The molecule has 0 radical (unpaired) electrons. The minimum absolute atomic E-state index is 0.0237. The van der Waals surface area contributed by atoms with Gasteiger partial charge in [-0.2, -0.15) is 0 Å². The smallest absolute Gasteiger partial charge is 0.267 e. The molecule has 0 aromatic carbocycles. The van der Waals surface area contributed by atoms with Gasteiger partial charge in [-0.3, -0.25) is 4.79 Å². The van der Waals surface area contributed by atoms with E-state index in [9.17, 15) is 4.79 Å². The quantitative estimate of drug-likeness (QED) is 0.845. The van der Waals surface area contributed by atoms with Gasteiger partial charge in [0.1, 0.15) is 5.69 Å². The number of halogens is 1. The molecule has 1 amide bonds. The van der Waals surface area contributed by atoms with Crippen LogP contribution < -0.4 is 10.6 Å². The van der Waals surface area contributed by atoms with Crippen molar-refractivity contribution in [3.05, 3.63) is 22.4 Å². The van der Waals surface area contributed by atoms with Crippen molar-refractivity contribution in [2.24, 2.45) is 5.92 Å². The minimum Gasteiger partial charge on any atom is -0.350 e. The summed E-state index contributed by atoms with van der Waals surface area (Å²) in [6, 6.07) is 2.42. The first-order valence-corrected chi connectivity index (χ1v) is 7.21. The topological polar surface area (TPSA) is 46.1 Å². The van der Waals surface area contributed by atoms with E-state index in [0.29, 0.717) is 18.5 Å². The van der Waals surface area contributed by atoms with Crippen molar-refractivity contribution in [1.29, 1.82) is 0 Å². The zero-order chi connectivity index (χ0) is 13.1. The molecular formula is C13H20BrN3O. The minimum atomic E-state index is 0.0237. The second-order valence-corrected chi connectivity index (χ2v) is 5.97. The highest BCUT2D eigenvalue weighted by Crippen LogP contribution is 2.37. The molecule has 100 valence electrons. The van der Waals surface area contributed by atoms with E-state index < -0.39 is 0 Å². The Kier molecular flexibility index (Phi) is 4.45. The maximum atomic E-state index is 12.1. The van der Waals surface area contributed by atoms with Crippen molar-refractivity contribution < 1.29 is 4.79 Å². The van der Waals surface area contributed by atoms with E-state index in [2.05, 4.69) is 38.1 Å². The standard InChI is InChI=1S/C13H20BrN3O/c1-9(6-15-2)7-16-13(18)12-5-10(14)8-17(12)11-3-4-11/h5,8-9,11,15H,3-4,6-7H2,1-2H3,(H,16,18). The SMILES string of the molecule is CNCC(C)CNC(=O)c1cc(Br)cn1C1CC1. The van der Waals surface area contributed by atoms with E-state index >= 15 is 0 Å². The van der Waals surface area contributed by atoms with Gasteiger partial charge in [0.25, 0.3) is 5.91 Å². The number of rotatable bonds is 6. The molecule has 1 heterocycles. The summed E-state index contributed by atoms with van der Waals surface area (Å²) in [6.07, 6.45) is 4.36. The van der Waals surface area contributed by atoms with Crippen molar-refractivity contribution in [2.45, 2.75) is 25.8 Å². The van der Waals surface area contributed by atoms with Gasteiger partial charge in [0.05, 0.1) is 0 Å². The van der Waals surface area contributed by atoms with E-state index in [0.717, 1.165) is 16.7 Å². The molecule has 2 rings (SSSR count). The van der Waals surface area contributed by atoms with Gasteiger partial charge >= 0.3 is 0 Å². The van der Waals surface area contributed by atoms with Gasteiger partial charge < -0.3 is 15.2 Å². The van der Waals surface area contributed by atoms with E-state index in [1.54, 1.807) is 0 Å². The van der Waals surface area contributed by atoms with Crippen molar-refractivity contribution in [1.82, 2.24) is 15.2 Å². The number of carbonyl (C=O) groups is 1. The average Bonchev–Trinajstić information content (AvgIpc) is 3.10. The summed E-state index contributed by atoms with van der Waals surface area (Å²) in [6.45, 7) is 3.73. The van der Waals surface area contributed by atoms with Crippen molar-refractivity contribution in [3.8, 4) is 0 Å². The van der Waals surface area contributed by atoms with Crippen LogP contribution in [0.1, 0.15) is 36.3 Å². The number of nitrogens with zero attached hydrogens (tertiary/aromatic N) is 1. The van der Waals surface area contributed by atoms with Crippen LogP contribution in [-0.4, -0.2) is 30.6 Å². The molecule has 1 atom stereocenters. The van der Waals surface area contributed by atoms with Gasteiger partial charge in [0, 0.05) is 23.3 Å². The molecular weight excluding hydrogens is 294 g/mol. The molecule has 0 bridgehead atoms. The summed E-state index contributed by atoms with van der Waals surface area (Å²) in [5.74, 6) is 0.460. The third-order valence-electron chi connectivity index (χ3n) is 3.15. The average molecular weight is 314 g/mol. The third-order valence-corrected chi connectivity index (χ3v) is 3.59. The van der Waals surface area contributed by atoms with Gasteiger partial charge in [0.15, 0.2) is 0 Å². The Morgan fingerprint density at radius 3 is 2.89 bits per heavy atom. The molecule has 1 aliphatic rings. The predicted octanol–water partition coefficient (Wildman–Crippen LogP) is 2.17. The van der Waals surface area contributed by atoms with E-state index in [1.807, 2.05) is 19.3 Å². The monoisotopic (exact) mass is 313 g/mol. The molecule has 18 heavy (non-hydrogen) atoms. The Balaban J connectivity index is 1.96. The lowest BCUT2D eigenvalue weighted by Crippen LogP contribution is -2.33. The number of amides is 1. The van der Waals surface area contributed by atoms with E-state index in [4.69, 9.17) is 0 Å². The van der Waals surface area contributed by atoms with E-state index in [-0.39, 0.29) is 5.91 Å². The molecule has 5 heteroatoms.